The van der Waals surface area contributed by atoms with Crippen LogP contribution in [0.3, 0.4) is 0 Å². The number of hydrogen-bond acceptors (Lipinski definition) is 2. The Morgan fingerprint density at radius 1 is 1.43 bits per heavy atom. The number of hydrogen-bond donors (Lipinski definition) is 1. The number of halogens is 1. The van der Waals surface area contributed by atoms with Gasteiger partial charge in [-0.15, -0.1) is 0 Å². The van der Waals surface area contributed by atoms with Gasteiger partial charge in [-0.1, -0.05) is 12.8 Å². The Morgan fingerprint density at radius 3 is 3.00 bits per heavy atom. The molecular weight excluding hydrogens is 240 g/mol. The minimum atomic E-state index is 0.930. The normalized spacial score (nSPS) is 15.8. The van der Waals surface area contributed by atoms with Crippen LogP contribution in [0.4, 0.5) is 0 Å². The van der Waals surface area contributed by atoms with Crippen molar-refractivity contribution in [1.29, 1.82) is 0 Å². The second kappa shape index (κ2) is 4.89. The van der Waals surface area contributed by atoms with Crippen molar-refractivity contribution < 1.29 is 0 Å². The van der Waals surface area contributed by atoms with E-state index in [2.05, 4.69) is 32.3 Å². The molecule has 1 fully saturated rings. The molecule has 0 unspecified atom stereocenters. The molecule has 3 heteroatoms. The van der Waals surface area contributed by atoms with Gasteiger partial charge in [-0.05, 0) is 46.4 Å². The van der Waals surface area contributed by atoms with E-state index >= 15 is 0 Å². The molecule has 0 spiro atoms. The molecule has 0 radical (unpaired) electrons. The summed E-state index contributed by atoms with van der Waals surface area (Å²) in [6.45, 7) is 2.07. The molecule has 1 aliphatic rings. The SMILES string of the molecule is Brc1cncc(CNCCC2CC2)c1. The minimum absolute atomic E-state index is 0.930. The van der Waals surface area contributed by atoms with E-state index in [0.717, 1.165) is 23.5 Å². The van der Waals surface area contributed by atoms with Crippen LogP contribution < -0.4 is 5.32 Å². The van der Waals surface area contributed by atoms with Gasteiger partial charge < -0.3 is 5.32 Å². The molecule has 0 atom stereocenters. The number of aromatic nitrogens is 1. The summed E-state index contributed by atoms with van der Waals surface area (Å²) in [5, 5.41) is 3.44. The maximum Gasteiger partial charge on any atom is 0.0410 e. The maximum atomic E-state index is 4.12. The van der Waals surface area contributed by atoms with E-state index in [4.69, 9.17) is 0 Å². The van der Waals surface area contributed by atoms with Crippen LogP contribution in [-0.4, -0.2) is 11.5 Å². The molecule has 2 nitrogen and oxygen atoms in total. The summed E-state index contributed by atoms with van der Waals surface area (Å²) in [6.07, 6.45) is 7.95. The molecular formula is C11H15BrN2. The van der Waals surface area contributed by atoms with Gasteiger partial charge in [-0.25, -0.2) is 0 Å². The Morgan fingerprint density at radius 2 is 2.29 bits per heavy atom. The predicted octanol–water partition coefficient (Wildman–Crippen LogP) is 2.73. The first-order valence-corrected chi connectivity index (χ1v) is 5.94. The molecule has 1 aromatic heterocycles. The summed E-state index contributed by atoms with van der Waals surface area (Å²) in [5.74, 6) is 1.02. The standard InChI is InChI=1S/C11H15BrN2/c12-11-5-10(7-14-8-11)6-13-4-3-9-1-2-9/h5,7-9,13H,1-4,6H2. The summed E-state index contributed by atoms with van der Waals surface area (Å²) < 4.78 is 1.05. The van der Waals surface area contributed by atoms with Crippen molar-refractivity contribution in [3.63, 3.8) is 0 Å². The van der Waals surface area contributed by atoms with Crippen molar-refractivity contribution in [2.24, 2.45) is 5.92 Å². The molecule has 0 amide bonds. The fraction of sp³-hybridized carbons (Fsp3) is 0.545. The van der Waals surface area contributed by atoms with Crippen LogP contribution in [0.2, 0.25) is 0 Å². The summed E-state index contributed by atoms with van der Waals surface area (Å²) in [5.41, 5.74) is 1.25. The third-order valence-electron chi connectivity index (χ3n) is 2.52. The van der Waals surface area contributed by atoms with Gasteiger partial charge in [0.1, 0.15) is 0 Å². The van der Waals surface area contributed by atoms with Crippen molar-refractivity contribution in [3.8, 4) is 0 Å². The molecule has 0 saturated heterocycles. The molecule has 1 saturated carbocycles. The Hall–Kier alpha value is -0.410. The summed E-state index contributed by atoms with van der Waals surface area (Å²) in [4.78, 5) is 4.12. The lowest BCUT2D eigenvalue weighted by Crippen LogP contribution is -2.15. The van der Waals surface area contributed by atoms with Crippen LogP contribution in [-0.2, 0) is 6.54 Å². The molecule has 14 heavy (non-hydrogen) atoms. The Kier molecular flexibility index (Phi) is 3.54. The van der Waals surface area contributed by atoms with Gasteiger partial charge in [-0.3, -0.25) is 4.98 Å². The zero-order valence-corrected chi connectivity index (χ0v) is 9.76. The second-order valence-corrected chi connectivity index (χ2v) is 4.84. The van der Waals surface area contributed by atoms with Gasteiger partial charge in [0.05, 0.1) is 0 Å². The average Bonchev–Trinajstić information content (AvgIpc) is 2.96. The van der Waals surface area contributed by atoms with Crippen molar-refractivity contribution in [2.75, 3.05) is 6.54 Å². The third kappa shape index (κ3) is 3.39. The Balaban J connectivity index is 1.68. The summed E-state index contributed by atoms with van der Waals surface area (Å²) >= 11 is 3.41. The fourth-order valence-corrected chi connectivity index (χ4v) is 1.91. The van der Waals surface area contributed by atoms with Crippen molar-refractivity contribution >= 4 is 15.9 Å². The number of rotatable bonds is 5. The monoisotopic (exact) mass is 254 g/mol. The fourth-order valence-electron chi connectivity index (χ4n) is 1.50. The highest BCUT2D eigenvalue weighted by molar-refractivity contribution is 9.10. The predicted molar refractivity (Wildman–Crippen MR) is 61.0 cm³/mol. The van der Waals surface area contributed by atoms with Gasteiger partial charge >= 0.3 is 0 Å². The van der Waals surface area contributed by atoms with Gasteiger partial charge in [0, 0.05) is 23.4 Å². The van der Waals surface area contributed by atoms with Crippen LogP contribution >= 0.6 is 15.9 Å². The second-order valence-electron chi connectivity index (χ2n) is 3.92. The quantitative estimate of drug-likeness (QED) is 0.818. The average molecular weight is 255 g/mol. The Labute approximate surface area is 93.3 Å². The molecule has 1 N–H and O–H groups in total. The summed E-state index contributed by atoms with van der Waals surface area (Å²) in [6, 6.07) is 2.11. The van der Waals surface area contributed by atoms with Gasteiger partial charge in [0.2, 0.25) is 0 Å². The van der Waals surface area contributed by atoms with Crippen LogP contribution in [0.25, 0.3) is 0 Å². The molecule has 1 heterocycles. The molecule has 1 aliphatic carbocycles. The van der Waals surface area contributed by atoms with E-state index in [1.807, 2.05) is 12.4 Å². The number of nitrogens with zero attached hydrogens (tertiary/aromatic N) is 1. The number of pyridine rings is 1. The van der Waals surface area contributed by atoms with E-state index in [1.54, 1.807) is 0 Å². The molecule has 0 bridgehead atoms. The lowest BCUT2D eigenvalue weighted by molar-refractivity contribution is 0.612. The lowest BCUT2D eigenvalue weighted by Gasteiger charge is -2.03. The third-order valence-corrected chi connectivity index (χ3v) is 2.95. The highest BCUT2D eigenvalue weighted by atomic mass is 79.9. The highest BCUT2D eigenvalue weighted by Gasteiger charge is 2.19. The van der Waals surface area contributed by atoms with Crippen LogP contribution in [0, 0.1) is 5.92 Å². The molecule has 1 aromatic rings. The topological polar surface area (TPSA) is 24.9 Å². The largest absolute Gasteiger partial charge is 0.313 e. The van der Waals surface area contributed by atoms with Crippen LogP contribution in [0.1, 0.15) is 24.8 Å². The first-order chi connectivity index (χ1) is 6.84. The summed E-state index contributed by atoms with van der Waals surface area (Å²) in [7, 11) is 0. The van der Waals surface area contributed by atoms with Gasteiger partial charge in [0.15, 0.2) is 0 Å². The van der Waals surface area contributed by atoms with Gasteiger partial charge in [0.25, 0.3) is 0 Å². The van der Waals surface area contributed by atoms with Crippen molar-refractivity contribution in [3.05, 3.63) is 28.5 Å². The molecule has 76 valence electrons. The maximum absolute atomic E-state index is 4.12. The van der Waals surface area contributed by atoms with E-state index in [1.165, 1.54) is 24.8 Å². The zero-order valence-electron chi connectivity index (χ0n) is 8.17. The highest BCUT2D eigenvalue weighted by Crippen LogP contribution is 2.31. The number of nitrogens with one attached hydrogen (secondary N) is 1. The first-order valence-electron chi connectivity index (χ1n) is 5.15. The van der Waals surface area contributed by atoms with Crippen LogP contribution in [0.15, 0.2) is 22.9 Å². The molecule has 0 aliphatic heterocycles. The molecule has 2 rings (SSSR count). The van der Waals surface area contributed by atoms with E-state index in [9.17, 15) is 0 Å². The van der Waals surface area contributed by atoms with Gasteiger partial charge in [-0.2, -0.15) is 0 Å². The van der Waals surface area contributed by atoms with E-state index < -0.39 is 0 Å². The van der Waals surface area contributed by atoms with Crippen molar-refractivity contribution in [1.82, 2.24) is 10.3 Å². The van der Waals surface area contributed by atoms with Crippen LogP contribution in [0.5, 0.6) is 0 Å². The first kappa shape index (κ1) is 10.1. The van der Waals surface area contributed by atoms with E-state index in [-0.39, 0.29) is 0 Å². The Bertz CT molecular complexity index is 297. The van der Waals surface area contributed by atoms with Crippen molar-refractivity contribution in [2.45, 2.75) is 25.8 Å². The smallest absolute Gasteiger partial charge is 0.0410 e. The zero-order chi connectivity index (χ0) is 9.80. The minimum Gasteiger partial charge on any atom is -0.313 e. The lowest BCUT2D eigenvalue weighted by atomic mass is 10.2. The van der Waals surface area contributed by atoms with E-state index in [0.29, 0.717) is 0 Å². The molecule has 0 aromatic carbocycles.